The number of carbonyl (C=O) groups excluding carboxylic acids is 3. The van der Waals surface area contributed by atoms with E-state index in [1.54, 1.807) is 13.8 Å². The topological polar surface area (TPSA) is 121 Å². The molecule has 0 aliphatic carbocycles. The quantitative estimate of drug-likeness (QED) is 0.254. The summed E-state index contributed by atoms with van der Waals surface area (Å²) in [5, 5.41) is 22.3. The molecule has 9 heteroatoms. The van der Waals surface area contributed by atoms with E-state index in [0.29, 0.717) is 4.90 Å². The van der Waals surface area contributed by atoms with Crippen molar-refractivity contribution in [3.05, 3.63) is 39.4 Å². The van der Waals surface area contributed by atoms with E-state index in [-0.39, 0.29) is 42.3 Å². The number of nitrogens with zero attached hydrogens (tertiary/aromatic N) is 2. The molecule has 0 N–H and O–H groups in total. The molecular formula is C14H13LiN2O6. The van der Waals surface area contributed by atoms with Gasteiger partial charge >= 0.3 is 18.9 Å². The molecule has 1 aliphatic rings. The number of aliphatic carboxylic acids is 1. The Hall–Kier alpha value is -2.17. The van der Waals surface area contributed by atoms with Crippen molar-refractivity contribution in [1.29, 1.82) is 0 Å². The van der Waals surface area contributed by atoms with Crippen molar-refractivity contribution in [2.24, 2.45) is 5.92 Å². The Balaban J connectivity index is 0.00000264. The van der Waals surface area contributed by atoms with Crippen molar-refractivity contribution in [2.75, 3.05) is 0 Å². The van der Waals surface area contributed by atoms with Crippen molar-refractivity contribution in [2.45, 2.75) is 26.3 Å². The number of nitro groups is 1. The number of benzene rings is 1. The Morgan fingerprint density at radius 1 is 1.26 bits per heavy atom. The van der Waals surface area contributed by atoms with Crippen LogP contribution in [-0.4, -0.2) is 33.6 Å². The number of amides is 2. The number of fused-ring (bicyclic) bond motifs is 1. The Morgan fingerprint density at radius 2 is 1.87 bits per heavy atom. The first kappa shape index (κ1) is 18.9. The smallest absolute Gasteiger partial charge is 0.548 e. The molecule has 0 bridgehead atoms. The molecule has 1 heterocycles. The Bertz CT molecular complexity index is 688. The Labute approximate surface area is 143 Å². The molecule has 1 unspecified atom stereocenters. The van der Waals surface area contributed by atoms with Crippen LogP contribution in [0.3, 0.4) is 0 Å². The number of imide groups is 1. The molecule has 0 spiro atoms. The van der Waals surface area contributed by atoms with Crippen molar-refractivity contribution >= 4 is 23.5 Å². The van der Waals surface area contributed by atoms with Crippen LogP contribution in [0.1, 0.15) is 41.0 Å². The summed E-state index contributed by atoms with van der Waals surface area (Å²) in [4.78, 5) is 46.7. The molecule has 0 fully saturated rings. The van der Waals surface area contributed by atoms with Gasteiger partial charge < -0.3 is 9.90 Å². The Morgan fingerprint density at radius 3 is 2.35 bits per heavy atom. The van der Waals surface area contributed by atoms with Crippen molar-refractivity contribution < 1.29 is 43.3 Å². The minimum absolute atomic E-state index is 0. The first-order valence-electron chi connectivity index (χ1n) is 6.61. The summed E-state index contributed by atoms with van der Waals surface area (Å²) in [5.41, 5.74) is -1.04. The minimum atomic E-state index is -1.56. The van der Waals surface area contributed by atoms with E-state index in [1.807, 2.05) is 0 Å². The number of rotatable bonds is 5. The molecule has 1 aliphatic heterocycles. The van der Waals surface area contributed by atoms with Crippen LogP contribution < -0.4 is 24.0 Å². The SMILES string of the molecule is CC(C)CC(C(=O)[O-])N1C(=O)c2cccc([N+](=O)[O-])c2C1=O.[Li+]. The fourth-order valence-corrected chi connectivity index (χ4v) is 2.47. The molecule has 1 atom stereocenters. The Kier molecular flexibility index (Phi) is 5.69. The van der Waals surface area contributed by atoms with Crippen LogP contribution in [0.25, 0.3) is 0 Å². The second kappa shape index (κ2) is 6.94. The summed E-state index contributed by atoms with van der Waals surface area (Å²) < 4.78 is 0. The van der Waals surface area contributed by atoms with Gasteiger partial charge in [0, 0.05) is 6.07 Å². The molecule has 0 saturated heterocycles. The van der Waals surface area contributed by atoms with Crippen LogP contribution >= 0.6 is 0 Å². The second-order valence-corrected chi connectivity index (χ2v) is 5.40. The van der Waals surface area contributed by atoms with Crippen LogP contribution in [0.4, 0.5) is 5.69 Å². The van der Waals surface area contributed by atoms with Gasteiger partial charge in [-0.3, -0.25) is 24.6 Å². The first-order valence-corrected chi connectivity index (χ1v) is 6.61. The van der Waals surface area contributed by atoms with Gasteiger partial charge in [-0.05, 0) is 18.4 Å². The number of nitro benzene ring substituents is 1. The van der Waals surface area contributed by atoms with Crippen LogP contribution in [0, 0.1) is 16.0 Å². The minimum Gasteiger partial charge on any atom is -0.548 e. The van der Waals surface area contributed by atoms with Gasteiger partial charge in [-0.15, -0.1) is 0 Å². The van der Waals surface area contributed by atoms with Crippen LogP contribution in [0.15, 0.2) is 18.2 Å². The van der Waals surface area contributed by atoms with Gasteiger partial charge in [-0.25, -0.2) is 0 Å². The zero-order valence-electron chi connectivity index (χ0n) is 12.9. The van der Waals surface area contributed by atoms with Gasteiger partial charge in [0.1, 0.15) is 5.56 Å². The zero-order chi connectivity index (χ0) is 16.6. The van der Waals surface area contributed by atoms with Gasteiger partial charge in [0.05, 0.1) is 22.5 Å². The van der Waals surface area contributed by atoms with Gasteiger partial charge in [-0.1, -0.05) is 19.9 Å². The maximum atomic E-state index is 12.4. The van der Waals surface area contributed by atoms with E-state index >= 15 is 0 Å². The van der Waals surface area contributed by atoms with E-state index in [2.05, 4.69) is 0 Å². The zero-order valence-corrected chi connectivity index (χ0v) is 12.9. The second-order valence-electron chi connectivity index (χ2n) is 5.40. The van der Waals surface area contributed by atoms with Gasteiger partial charge in [0.15, 0.2) is 0 Å². The molecule has 8 nitrogen and oxygen atoms in total. The van der Waals surface area contributed by atoms with Gasteiger partial charge in [0.2, 0.25) is 0 Å². The summed E-state index contributed by atoms with van der Waals surface area (Å²) in [5.74, 6) is -3.49. The van der Waals surface area contributed by atoms with E-state index < -0.39 is 34.4 Å². The summed E-state index contributed by atoms with van der Waals surface area (Å²) >= 11 is 0. The van der Waals surface area contributed by atoms with E-state index in [4.69, 9.17) is 0 Å². The summed E-state index contributed by atoms with van der Waals surface area (Å²) in [6.07, 6.45) is 0.0155. The monoisotopic (exact) mass is 312 g/mol. The predicted octanol–water partition coefficient (Wildman–Crippen LogP) is -2.64. The standard InChI is InChI=1S/C14H14N2O6.Li/c1-7(2)6-10(14(19)20)15-12(17)8-4-3-5-9(16(21)22)11(8)13(15)18;/h3-5,7,10H,6H2,1-2H3,(H,19,20);/q;+1/p-1. The fraction of sp³-hybridized carbons (Fsp3) is 0.357. The van der Waals surface area contributed by atoms with Crippen molar-refractivity contribution in [3.63, 3.8) is 0 Å². The summed E-state index contributed by atoms with van der Waals surface area (Å²) in [6, 6.07) is 2.20. The van der Waals surface area contributed by atoms with Crippen LogP contribution in [0.2, 0.25) is 0 Å². The molecule has 116 valence electrons. The summed E-state index contributed by atoms with van der Waals surface area (Å²) in [7, 11) is 0. The molecule has 2 amide bonds. The van der Waals surface area contributed by atoms with E-state index in [1.165, 1.54) is 12.1 Å². The molecule has 0 aromatic heterocycles. The molecule has 0 saturated carbocycles. The van der Waals surface area contributed by atoms with Crippen molar-refractivity contribution in [3.8, 4) is 0 Å². The third-order valence-electron chi connectivity index (χ3n) is 3.40. The van der Waals surface area contributed by atoms with Crippen LogP contribution in [-0.2, 0) is 4.79 Å². The molecule has 0 radical (unpaired) electrons. The van der Waals surface area contributed by atoms with Crippen molar-refractivity contribution in [1.82, 2.24) is 4.90 Å². The normalized spacial score (nSPS) is 14.5. The molecule has 1 aromatic rings. The molecule has 1 aromatic carbocycles. The number of hydrogen-bond acceptors (Lipinski definition) is 6. The number of hydrogen-bond donors (Lipinski definition) is 0. The third-order valence-corrected chi connectivity index (χ3v) is 3.40. The first-order chi connectivity index (χ1) is 10.3. The number of carbonyl (C=O) groups is 3. The average molecular weight is 312 g/mol. The van der Waals surface area contributed by atoms with Crippen LogP contribution in [0.5, 0.6) is 0 Å². The van der Waals surface area contributed by atoms with E-state index in [9.17, 15) is 29.6 Å². The van der Waals surface area contributed by atoms with E-state index in [0.717, 1.165) is 6.07 Å². The maximum Gasteiger partial charge on any atom is 1.00 e. The predicted molar refractivity (Wildman–Crippen MR) is 71.8 cm³/mol. The van der Waals surface area contributed by atoms with Gasteiger partial charge in [0.25, 0.3) is 17.5 Å². The van der Waals surface area contributed by atoms with Gasteiger partial charge in [-0.2, -0.15) is 0 Å². The maximum absolute atomic E-state index is 12.4. The number of carboxylic acid groups (broad SMARTS) is 1. The molecular weight excluding hydrogens is 299 g/mol. The fourth-order valence-electron chi connectivity index (χ4n) is 2.47. The third kappa shape index (κ3) is 3.28. The molecule has 23 heavy (non-hydrogen) atoms. The molecule has 2 rings (SSSR count). The summed E-state index contributed by atoms with van der Waals surface area (Å²) in [6.45, 7) is 3.47. The average Bonchev–Trinajstić information content (AvgIpc) is 2.68. The number of carboxylic acids is 1. The largest absolute Gasteiger partial charge is 1.00 e.